The molecule has 2 aromatic heterocycles. The predicted molar refractivity (Wildman–Crippen MR) is 90.7 cm³/mol. The minimum atomic E-state index is -0.183. The monoisotopic (exact) mass is 326 g/mol. The van der Waals surface area contributed by atoms with Crippen LogP contribution in [0.15, 0.2) is 29.5 Å². The zero-order chi connectivity index (χ0) is 16.7. The average molecular weight is 326 g/mol. The Hall–Kier alpha value is -2.28. The molecule has 2 saturated heterocycles. The largest absolute Gasteiger partial charge is 0.356 e. The highest BCUT2D eigenvalue weighted by Gasteiger charge is 2.40. The van der Waals surface area contributed by atoms with Crippen molar-refractivity contribution in [3.05, 3.63) is 46.5 Å². The van der Waals surface area contributed by atoms with Gasteiger partial charge in [0.05, 0.1) is 5.69 Å². The van der Waals surface area contributed by atoms with Gasteiger partial charge in [0.2, 0.25) is 0 Å². The quantitative estimate of drug-likeness (QED) is 0.816. The lowest BCUT2D eigenvalue weighted by atomic mass is 10.0. The number of hydrogen-bond donors (Lipinski definition) is 0. The van der Waals surface area contributed by atoms with Crippen molar-refractivity contribution < 1.29 is 0 Å². The first-order valence-corrected chi connectivity index (χ1v) is 8.37. The van der Waals surface area contributed by atoms with Crippen molar-refractivity contribution >= 4 is 5.82 Å². The maximum atomic E-state index is 11.7. The van der Waals surface area contributed by atoms with Crippen molar-refractivity contribution in [3.63, 3.8) is 0 Å². The number of fused-ring (bicyclic) bond motifs is 1. The minimum Gasteiger partial charge on any atom is -0.356 e. The maximum absolute atomic E-state index is 11.7. The Morgan fingerprint density at radius 3 is 2.58 bits per heavy atom. The highest BCUT2D eigenvalue weighted by atomic mass is 16.1. The third kappa shape index (κ3) is 2.91. The van der Waals surface area contributed by atoms with Crippen LogP contribution in [-0.4, -0.2) is 50.6 Å². The minimum absolute atomic E-state index is 0.183. The topological polar surface area (TPSA) is 67.2 Å². The third-order valence-corrected chi connectivity index (χ3v) is 5.09. The van der Waals surface area contributed by atoms with E-state index in [0.29, 0.717) is 11.8 Å². The summed E-state index contributed by atoms with van der Waals surface area (Å²) in [6.45, 7) is 6.96. The van der Waals surface area contributed by atoms with Crippen molar-refractivity contribution in [3.8, 4) is 0 Å². The average Bonchev–Trinajstić information content (AvgIpc) is 3.09. The van der Waals surface area contributed by atoms with Crippen LogP contribution in [0.3, 0.4) is 0 Å². The van der Waals surface area contributed by atoms with Crippen LogP contribution in [0.25, 0.3) is 0 Å². The number of likely N-dealkylation sites (tertiary alicyclic amines) is 1. The second-order valence-corrected chi connectivity index (χ2v) is 6.95. The van der Waals surface area contributed by atoms with Crippen molar-refractivity contribution in [1.29, 1.82) is 0 Å². The van der Waals surface area contributed by atoms with E-state index < -0.39 is 0 Å². The summed E-state index contributed by atoms with van der Waals surface area (Å²) < 4.78 is 1.50. The lowest BCUT2D eigenvalue weighted by Gasteiger charge is -2.22. The number of aromatic nitrogens is 4. The zero-order valence-corrected chi connectivity index (χ0v) is 14.1. The molecule has 7 heteroatoms. The molecule has 2 aromatic rings. The van der Waals surface area contributed by atoms with Gasteiger partial charge in [0.15, 0.2) is 0 Å². The molecule has 2 atom stereocenters. The van der Waals surface area contributed by atoms with Gasteiger partial charge >= 0.3 is 5.69 Å². The molecule has 24 heavy (non-hydrogen) atoms. The fourth-order valence-corrected chi connectivity index (χ4v) is 3.84. The Balaban J connectivity index is 1.39. The SMILES string of the molecule is Cc1cc(N2CC3CN(Cc4ccn(C)c(=O)n4)CC3C2)ncn1. The lowest BCUT2D eigenvalue weighted by molar-refractivity contribution is 0.304. The molecule has 0 amide bonds. The van der Waals surface area contributed by atoms with E-state index in [9.17, 15) is 4.79 Å². The molecule has 4 heterocycles. The maximum Gasteiger partial charge on any atom is 0.347 e. The highest BCUT2D eigenvalue weighted by molar-refractivity contribution is 5.40. The summed E-state index contributed by atoms with van der Waals surface area (Å²) in [6.07, 6.45) is 3.44. The van der Waals surface area contributed by atoms with Gasteiger partial charge in [-0.25, -0.2) is 14.8 Å². The molecule has 0 aliphatic carbocycles. The van der Waals surface area contributed by atoms with Crippen LogP contribution in [0, 0.1) is 18.8 Å². The first kappa shape index (κ1) is 15.3. The third-order valence-electron chi connectivity index (χ3n) is 5.09. The van der Waals surface area contributed by atoms with E-state index in [1.807, 2.05) is 13.0 Å². The molecule has 0 aromatic carbocycles. The molecule has 0 spiro atoms. The summed E-state index contributed by atoms with van der Waals surface area (Å²) in [5.74, 6) is 2.36. The molecular formula is C17H22N6O. The van der Waals surface area contributed by atoms with E-state index >= 15 is 0 Å². The van der Waals surface area contributed by atoms with E-state index in [1.165, 1.54) is 4.57 Å². The van der Waals surface area contributed by atoms with Gasteiger partial charge in [-0.1, -0.05) is 0 Å². The molecule has 0 N–H and O–H groups in total. The molecule has 7 nitrogen and oxygen atoms in total. The normalized spacial score (nSPS) is 23.7. The second-order valence-electron chi connectivity index (χ2n) is 6.95. The Bertz CT molecular complexity index is 790. The Morgan fingerprint density at radius 1 is 1.17 bits per heavy atom. The summed E-state index contributed by atoms with van der Waals surface area (Å²) in [5.41, 5.74) is 1.69. The summed E-state index contributed by atoms with van der Waals surface area (Å²) in [7, 11) is 1.72. The van der Waals surface area contributed by atoms with Crippen molar-refractivity contribution in [2.75, 3.05) is 31.1 Å². The molecule has 2 fully saturated rings. The summed E-state index contributed by atoms with van der Waals surface area (Å²) in [5, 5.41) is 0. The first-order chi connectivity index (χ1) is 11.6. The summed E-state index contributed by atoms with van der Waals surface area (Å²) in [6, 6.07) is 3.99. The first-order valence-electron chi connectivity index (χ1n) is 8.37. The van der Waals surface area contributed by atoms with Crippen LogP contribution in [0.4, 0.5) is 5.82 Å². The van der Waals surface area contributed by atoms with E-state index in [1.54, 1.807) is 19.6 Å². The molecule has 2 aliphatic rings. The Labute approximate surface area is 141 Å². The van der Waals surface area contributed by atoms with E-state index in [4.69, 9.17) is 0 Å². The van der Waals surface area contributed by atoms with Gasteiger partial charge in [-0.2, -0.15) is 4.98 Å². The van der Waals surface area contributed by atoms with Crippen molar-refractivity contribution in [2.45, 2.75) is 13.5 Å². The van der Waals surface area contributed by atoms with Gasteiger partial charge in [0.1, 0.15) is 12.1 Å². The van der Waals surface area contributed by atoms with Crippen LogP contribution in [0.5, 0.6) is 0 Å². The van der Waals surface area contributed by atoms with Crippen molar-refractivity contribution in [1.82, 2.24) is 24.4 Å². The van der Waals surface area contributed by atoms with Gasteiger partial charge in [-0.3, -0.25) is 4.90 Å². The fourth-order valence-electron chi connectivity index (χ4n) is 3.84. The fraction of sp³-hybridized carbons (Fsp3) is 0.529. The van der Waals surface area contributed by atoms with Crippen molar-refractivity contribution in [2.24, 2.45) is 18.9 Å². The summed E-state index contributed by atoms with van der Waals surface area (Å²) in [4.78, 5) is 29.2. The van der Waals surface area contributed by atoms with Gasteiger partial charge in [0.25, 0.3) is 0 Å². The zero-order valence-electron chi connectivity index (χ0n) is 14.1. The smallest absolute Gasteiger partial charge is 0.347 e. The molecule has 2 unspecified atom stereocenters. The lowest BCUT2D eigenvalue weighted by Crippen LogP contribution is -2.30. The van der Waals surface area contributed by atoms with Gasteiger partial charge in [-0.05, 0) is 24.8 Å². The van der Waals surface area contributed by atoms with Gasteiger partial charge in [-0.15, -0.1) is 0 Å². The Morgan fingerprint density at radius 2 is 1.92 bits per heavy atom. The Kier molecular flexibility index (Phi) is 3.80. The van der Waals surface area contributed by atoms with Crippen LogP contribution in [0.2, 0.25) is 0 Å². The van der Waals surface area contributed by atoms with E-state index in [0.717, 1.165) is 49.9 Å². The molecule has 0 saturated carbocycles. The van der Waals surface area contributed by atoms with Gasteiger partial charge in [0, 0.05) is 57.7 Å². The van der Waals surface area contributed by atoms with E-state index in [-0.39, 0.29) is 5.69 Å². The number of aryl methyl sites for hydroxylation is 2. The predicted octanol–water partition coefficient (Wildman–Crippen LogP) is 0.447. The van der Waals surface area contributed by atoms with E-state index in [2.05, 4.69) is 30.8 Å². The standard InChI is InChI=1S/C17H22N6O/c1-12-5-16(19-11-18-12)23-8-13-6-22(7-14(13)9-23)10-15-3-4-21(2)17(24)20-15/h3-5,11,13-14H,6-10H2,1-2H3. The molecule has 126 valence electrons. The van der Waals surface area contributed by atoms with Crippen LogP contribution >= 0.6 is 0 Å². The van der Waals surface area contributed by atoms with Crippen LogP contribution in [0.1, 0.15) is 11.4 Å². The summed E-state index contributed by atoms with van der Waals surface area (Å²) >= 11 is 0. The molecular weight excluding hydrogens is 304 g/mol. The molecule has 4 rings (SSSR count). The molecule has 2 aliphatic heterocycles. The second kappa shape index (κ2) is 5.98. The number of anilines is 1. The highest BCUT2D eigenvalue weighted by Crippen LogP contribution is 2.33. The number of nitrogens with zero attached hydrogens (tertiary/aromatic N) is 6. The number of rotatable bonds is 3. The van der Waals surface area contributed by atoms with Gasteiger partial charge < -0.3 is 9.47 Å². The van der Waals surface area contributed by atoms with Crippen LogP contribution < -0.4 is 10.6 Å². The van der Waals surface area contributed by atoms with Crippen LogP contribution in [-0.2, 0) is 13.6 Å². The molecule has 0 bridgehead atoms. The number of hydrogen-bond acceptors (Lipinski definition) is 6. The molecule has 0 radical (unpaired) electrons.